The van der Waals surface area contributed by atoms with Crippen LogP contribution in [0.25, 0.3) is 0 Å². The van der Waals surface area contributed by atoms with E-state index in [1.807, 2.05) is 13.0 Å². The van der Waals surface area contributed by atoms with Crippen molar-refractivity contribution in [2.75, 3.05) is 43.1 Å². The molecule has 1 saturated heterocycles. The van der Waals surface area contributed by atoms with Crippen LogP contribution in [0.5, 0.6) is 0 Å². The number of ether oxygens (including phenoxy) is 2. The third-order valence-electron chi connectivity index (χ3n) is 4.76. The second-order valence-electron chi connectivity index (χ2n) is 6.82. The highest BCUT2D eigenvalue weighted by Gasteiger charge is 2.11. The molecule has 0 aliphatic carbocycles. The summed E-state index contributed by atoms with van der Waals surface area (Å²) in [6.45, 7) is 8.12. The first-order valence-corrected chi connectivity index (χ1v) is 10.2. The summed E-state index contributed by atoms with van der Waals surface area (Å²) in [4.78, 5) is 14.3. The minimum Gasteiger partial charge on any atom is -0.462 e. The van der Waals surface area contributed by atoms with Crippen molar-refractivity contribution in [2.45, 2.75) is 20.4 Å². The zero-order valence-electron chi connectivity index (χ0n) is 16.9. The van der Waals surface area contributed by atoms with E-state index >= 15 is 0 Å². The van der Waals surface area contributed by atoms with Gasteiger partial charge in [0.1, 0.15) is 0 Å². The number of morpholine rings is 1. The molecule has 1 aliphatic heterocycles. The van der Waals surface area contributed by atoms with Gasteiger partial charge in [0.05, 0.1) is 25.4 Å². The summed E-state index contributed by atoms with van der Waals surface area (Å²) in [6.07, 6.45) is 0. The Morgan fingerprint density at radius 1 is 1.17 bits per heavy atom. The molecule has 0 bridgehead atoms. The molecule has 0 spiro atoms. The second-order valence-corrected chi connectivity index (χ2v) is 7.23. The van der Waals surface area contributed by atoms with Gasteiger partial charge in [0.2, 0.25) is 0 Å². The Morgan fingerprint density at radius 3 is 2.59 bits per heavy atom. The third kappa shape index (κ3) is 5.92. The number of hydrogen-bond acceptors (Lipinski definition) is 5. The number of hydrogen-bond donors (Lipinski definition) is 2. The number of carbonyl (C=O) groups is 1. The highest BCUT2D eigenvalue weighted by molar-refractivity contribution is 7.80. The Morgan fingerprint density at radius 2 is 1.90 bits per heavy atom. The van der Waals surface area contributed by atoms with Crippen molar-refractivity contribution >= 4 is 34.7 Å². The monoisotopic (exact) mass is 413 g/mol. The summed E-state index contributed by atoms with van der Waals surface area (Å²) < 4.78 is 10.5. The van der Waals surface area contributed by atoms with Crippen LogP contribution in [-0.4, -0.2) is 44.0 Å². The molecular formula is C22H27N3O3S. The Hall–Kier alpha value is -2.64. The van der Waals surface area contributed by atoms with Crippen molar-refractivity contribution in [1.29, 1.82) is 0 Å². The van der Waals surface area contributed by atoms with Crippen molar-refractivity contribution in [3.05, 3.63) is 59.2 Å². The molecule has 2 N–H and O–H groups in total. The van der Waals surface area contributed by atoms with Crippen LogP contribution in [0.3, 0.4) is 0 Å². The molecule has 6 nitrogen and oxygen atoms in total. The maximum absolute atomic E-state index is 11.9. The summed E-state index contributed by atoms with van der Waals surface area (Å²) >= 11 is 5.42. The maximum atomic E-state index is 11.9. The fourth-order valence-electron chi connectivity index (χ4n) is 3.09. The van der Waals surface area contributed by atoms with E-state index < -0.39 is 0 Å². The van der Waals surface area contributed by atoms with E-state index in [0.717, 1.165) is 43.1 Å². The molecule has 0 aromatic heterocycles. The van der Waals surface area contributed by atoms with E-state index in [-0.39, 0.29) is 5.97 Å². The molecule has 0 radical (unpaired) electrons. The van der Waals surface area contributed by atoms with Gasteiger partial charge in [0.15, 0.2) is 5.11 Å². The lowest BCUT2D eigenvalue weighted by atomic mass is 10.1. The molecule has 0 atom stereocenters. The number of nitrogens with zero attached hydrogens (tertiary/aromatic N) is 1. The topological polar surface area (TPSA) is 62.8 Å². The lowest BCUT2D eigenvalue weighted by Crippen LogP contribution is -2.36. The molecular weight excluding hydrogens is 386 g/mol. The number of thiocarbonyl (C=S) groups is 1. The molecule has 0 saturated carbocycles. The van der Waals surface area contributed by atoms with Crippen molar-refractivity contribution in [3.63, 3.8) is 0 Å². The van der Waals surface area contributed by atoms with Gasteiger partial charge in [0, 0.05) is 31.0 Å². The van der Waals surface area contributed by atoms with Crippen LogP contribution >= 0.6 is 12.2 Å². The zero-order valence-corrected chi connectivity index (χ0v) is 17.7. The fraction of sp³-hybridized carbons (Fsp3) is 0.364. The number of carbonyl (C=O) groups excluding carboxylic acids is 1. The molecule has 1 heterocycles. The summed E-state index contributed by atoms with van der Waals surface area (Å²) in [7, 11) is 0. The standard InChI is InChI=1S/C22H27N3O3S/c1-3-28-21(26)18-7-4-16(2)20(14-18)24-22(29)23-15-17-5-8-19(9-6-17)25-10-12-27-13-11-25/h4-9,14H,3,10-13,15H2,1-2H3,(H2,23,24,29). The van der Waals surface area contributed by atoms with Crippen LogP contribution in [0.1, 0.15) is 28.4 Å². The average molecular weight is 414 g/mol. The quantitative estimate of drug-likeness (QED) is 0.555. The smallest absolute Gasteiger partial charge is 0.338 e. The van der Waals surface area contributed by atoms with Crippen molar-refractivity contribution < 1.29 is 14.3 Å². The highest BCUT2D eigenvalue weighted by Crippen LogP contribution is 2.19. The summed E-state index contributed by atoms with van der Waals surface area (Å²) in [6, 6.07) is 13.9. The first-order valence-electron chi connectivity index (χ1n) is 9.81. The van der Waals surface area contributed by atoms with Crippen molar-refractivity contribution in [2.24, 2.45) is 0 Å². The Balaban J connectivity index is 1.54. The number of aryl methyl sites for hydroxylation is 1. The fourth-order valence-corrected chi connectivity index (χ4v) is 3.28. The number of benzene rings is 2. The largest absolute Gasteiger partial charge is 0.462 e. The van der Waals surface area contributed by atoms with Crippen LogP contribution < -0.4 is 15.5 Å². The summed E-state index contributed by atoms with van der Waals surface area (Å²) in [5.41, 5.74) is 4.64. The van der Waals surface area contributed by atoms with Gasteiger partial charge < -0.3 is 25.0 Å². The maximum Gasteiger partial charge on any atom is 0.338 e. The zero-order chi connectivity index (χ0) is 20.6. The van der Waals surface area contributed by atoms with E-state index in [0.29, 0.717) is 23.8 Å². The molecule has 3 rings (SSSR count). The van der Waals surface area contributed by atoms with E-state index in [1.54, 1.807) is 19.1 Å². The Labute approximate surface area is 177 Å². The van der Waals surface area contributed by atoms with Gasteiger partial charge in [-0.05, 0) is 61.5 Å². The van der Waals surface area contributed by atoms with Gasteiger partial charge in [-0.1, -0.05) is 18.2 Å². The number of anilines is 2. The molecule has 2 aromatic carbocycles. The molecule has 0 amide bonds. The summed E-state index contributed by atoms with van der Waals surface area (Å²) in [5, 5.41) is 6.90. The van der Waals surface area contributed by atoms with E-state index in [4.69, 9.17) is 21.7 Å². The molecule has 1 aliphatic rings. The predicted octanol–water partition coefficient (Wildman–Crippen LogP) is 3.49. The molecule has 7 heteroatoms. The SMILES string of the molecule is CCOC(=O)c1ccc(C)c(NC(=S)NCc2ccc(N3CCOCC3)cc2)c1. The average Bonchev–Trinajstić information content (AvgIpc) is 2.75. The minimum absolute atomic E-state index is 0.338. The lowest BCUT2D eigenvalue weighted by Gasteiger charge is -2.28. The Bertz CT molecular complexity index is 849. The summed E-state index contributed by atoms with van der Waals surface area (Å²) in [5.74, 6) is -0.338. The first kappa shape index (κ1) is 21.1. The van der Waals surface area contributed by atoms with Crippen molar-refractivity contribution in [3.8, 4) is 0 Å². The second kappa shape index (κ2) is 10.2. The van der Waals surface area contributed by atoms with Crippen LogP contribution in [0.4, 0.5) is 11.4 Å². The van der Waals surface area contributed by atoms with Crippen molar-refractivity contribution in [1.82, 2.24) is 5.32 Å². The van der Waals surface area contributed by atoms with Crippen LogP contribution in [0, 0.1) is 6.92 Å². The van der Waals surface area contributed by atoms with E-state index in [1.165, 1.54) is 5.69 Å². The van der Waals surface area contributed by atoms with Gasteiger partial charge in [-0.2, -0.15) is 0 Å². The van der Waals surface area contributed by atoms with Gasteiger partial charge in [-0.25, -0.2) is 4.79 Å². The van der Waals surface area contributed by atoms with Crippen LogP contribution in [0.2, 0.25) is 0 Å². The Kier molecular flexibility index (Phi) is 7.43. The lowest BCUT2D eigenvalue weighted by molar-refractivity contribution is 0.0526. The predicted molar refractivity (Wildman–Crippen MR) is 120 cm³/mol. The van der Waals surface area contributed by atoms with Gasteiger partial charge in [0.25, 0.3) is 0 Å². The van der Waals surface area contributed by atoms with E-state index in [2.05, 4.69) is 39.8 Å². The van der Waals surface area contributed by atoms with Crippen LogP contribution in [-0.2, 0) is 16.0 Å². The number of nitrogens with one attached hydrogen (secondary N) is 2. The third-order valence-corrected chi connectivity index (χ3v) is 5.01. The number of rotatable bonds is 6. The van der Waals surface area contributed by atoms with Gasteiger partial charge in [-0.15, -0.1) is 0 Å². The van der Waals surface area contributed by atoms with Crippen LogP contribution in [0.15, 0.2) is 42.5 Å². The molecule has 29 heavy (non-hydrogen) atoms. The number of esters is 1. The highest BCUT2D eigenvalue weighted by atomic mass is 32.1. The molecule has 154 valence electrons. The minimum atomic E-state index is -0.338. The van der Waals surface area contributed by atoms with Gasteiger partial charge in [-0.3, -0.25) is 0 Å². The molecule has 1 fully saturated rings. The first-order chi connectivity index (χ1) is 14.1. The normalized spacial score (nSPS) is 13.7. The molecule has 0 unspecified atom stereocenters. The van der Waals surface area contributed by atoms with Gasteiger partial charge >= 0.3 is 5.97 Å². The molecule has 2 aromatic rings. The van der Waals surface area contributed by atoms with E-state index in [9.17, 15) is 4.79 Å².